The van der Waals surface area contributed by atoms with E-state index in [1.54, 1.807) is 0 Å². The van der Waals surface area contributed by atoms with Gasteiger partial charge in [-0.3, -0.25) is 4.79 Å². The Hall–Kier alpha value is -0.370. The summed E-state index contributed by atoms with van der Waals surface area (Å²) >= 11 is 0. The van der Waals surface area contributed by atoms with Gasteiger partial charge in [0.25, 0.3) is 0 Å². The van der Waals surface area contributed by atoms with E-state index in [0.717, 1.165) is 12.8 Å². The third-order valence-corrected chi connectivity index (χ3v) is 3.64. The molecule has 0 heterocycles. The first kappa shape index (κ1) is 12.7. The largest absolute Gasteiger partial charge is 0.329 e. The quantitative estimate of drug-likeness (QED) is 0.727. The molecule has 0 atom stereocenters. The molecule has 2 N–H and O–H groups in total. The van der Waals surface area contributed by atoms with Crippen LogP contribution in [0.3, 0.4) is 0 Å². The van der Waals surface area contributed by atoms with Gasteiger partial charge in [0.2, 0.25) is 0 Å². The molecule has 2 heteroatoms. The van der Waals surface area contributed by atoms with E-state index in [-0.39, 0.29) is 5.41 Å². The first-order chi connectivity index (χ1) is 7.10. The van der Waals surface area contributed by atoms with Gasteiger partial charge in [-0.2, -0.15) is 0 Å². The van der Waals surface area contributed by atoms with Gasteiger partial charge in [-0.15, -0.1) is 0 Å². The smallest absolute Gasteiger partial charge is 0.140 e. The highest BCUT2D eigenvalue weighted by molar-refractivity contribution is 5.85. The topological polar surface area (TPSA) is 43.1 Å². The minimum Gasteiger partial charge on any atom is -0.329 e. The Kier molecular flexibility index (Phi) is 4.78. The van der Waals surface area contributed by atoms with Gasteiger partial charge in [-0.1, -0.05) is 39.5 Å². The van der Waals surface area contributed by atoms with Crippen molar-refractivity contribution in [2.45, 2.75) is 58.8 Å². The Labute approximate surface area is 93.6 Å². The summed E-state index contributed by atoms with van der Waals surface area (Å²) in [6, 6.07) is 0. The minimum atomic E-state index is -0.166. The molecule has 0 unspecified atom stereocenters. The van der Waals surface area contributed by atoms with Crippen LogP contribution in [0.1, 0.15) is 58.8 Å². The number of hydrogen-bond donors (Lipinski definition) is 1. The maximum Gasteiger partial charge on any atom is 0.140 e. The molecule has 1 fully saturated rings. The van der Waals surface area contributed by atoms with Crippen LogP contribution in [0.25, 0.3) is 0 Å². The molecule has 0 radical (unpaired) electrons. The lowest BCUT2D eigenvalue weighted by molar-refractivity contribution is -0.129. The number of ketones is 1. The average Bonchev–Trinajstić information content (AvgIpc) is 2.42. The second-order valence-electron chi connectivity index (χ2n) is 5.42. The number of carbonyl (C=O) groups excluding carboxylic acids is 1. The molecular weight excluding hydrogens is 186 g/mol. The third kappa shape index (κ3) is 3.30. The third-order valence-electron chi connectivity index (χ3n) is 3.64. The molecule has 0 aromatic rings. The van der Waals surface area contributed by atoms with Gasteiger partial charge in [0.15, 0.2) is 0 Å². The lowest BCUT2D eigenvalue weighted by Gasteiger charge is -2.30. The van der Waals surface area contributed by atoms with Gasteiger partial charge in [-0.25, -0.2) is 0 Å². The summed E-state index contributed by atoms with van der Waals surface area (Å²) in [5, 5.41) is 0. The Bertz CT molecular complexity index is 203. The molecular formula is C13H25NO. The van der Waals surface area contributed by atoms with E-state index in [4.69, 9.17) is 5.73 Å². The van der Waals surface area contributed by atoms with Gasteiger partial charge < -0.3 is 5.73 Å². The lowest BCUT2D eigenvalue weighted by atomic mass is 9.74. The SMILES string of the molecule is CC(C)CC(=O)C1(CN)CCCCCC1. The summed E-state index contributed by atoms with van der Waals surface area (Å²) < 4.78 is 0. The van der Waals surface area contributed by atoms with Crippen LogP contribution in [0.5, 0.6) is 0 Å². The van der Waals surface area contributed by atoms with Crippen LogP contribution in [0, 0.1) is 11.3 Å². The van der Waals surface area contributed by atoms with Crippen LogP contribution in [-0.2, 0) is 4.79 Å². The summed E-state index contributed by atoms with van der Waals surface area (Å²) in [6.07, 6.45) is 7.66. The van der Waals surface area contributed by atoms with Crippen molar-refractivity contribution in [3.63, 3.8) is 0 Å². The summed E-state index contributed by atoms with van der Waals surface area (Å²) in [5.74, 6) is 0.881. The summed E-state index contributed by atoms with van der Waals surface area (Å²) in [6.45, 7) is 4.77. The number of nitrogens with two attached hydrogens (primary N) is 1. The standard InChI is InChI=1S/C13H25NO/c1-11(2)9-12(15)13(10-14)7-5-3-4-6-8-13/h11H,3-10,14H2,1-2H3. The molecule has 0 aliphatic heterocycles. The van der Waals surface area contributed by atoms with E-state index >= 15 is 0 Å². The molecule has 1 rings (SSSR count). The van der Waals surface area contributed by atoms with Crippen LogP contribution < -0.4 is 5.73 Å². The Morgan fingerprint density at radius 1 is 1.20 bits per heavy atom. The van der Waals surface area contributed by atoms with Crippen molar-refractivity contribution in [3.8, 4) is 0 Å². The van der Waals surface area contributed by atoms with Crippen molar-refractivity contribution in [3.05, 3.63) is 0 Å². The van der Waals surface area contributed by atoms with Gasteiger partial charge in [0, 0.05) is 18.4 Å². The fourth-order valence-corrected chi connectivity index (χ4v) is 2.59. The highest BCUT2D eigenvalue weighted by atomic mass is 16.1. The zero-order chi connectivity index (χ0) is 11.3. The average molecular weight is 211 g/mol. The summed E-state index contributed by atoms with van der Waals surface area (Å²) in [7, 11) is 0. The number of rotatable bonds is 4. The molecule has 0 saturated heterocycles. The Balaban J connectivity index is 2.68. The van der Waals surface area contributed by atoms with Gasteiger partial charge >= 0.3 is 0 Å². The molecule has 1 aliphatic rings. The Morgan fingerprint density at radius 2 is 1.73 bits per heavy atom. The Morgan fingerprint density at radius 3 is 2.13 bits per heavy atom. The zero-order valence-electron chi connectivity index (χ0n) is 10.2. The van der Waals surface area contributed by atoms with Crippen molar-refractivity contribution in [1.29, 1.82) is 0 Å². The lowest BCUT2D eigenvalue weighted by Crippen LogP contribution is -2.38. The molecule has 1 saturated carbocycles. The van der Waals surface area contributed by atoms with E-state index in [9.17, 15) is 4.79 Å². The van der Waals surface area contributed by atoms with E-state index in [0.29, 0.717) is 24.7 Å². The molecule has 0 spiro atoms. The molecule has 0 amide bonds. The first-order valence-corrected chi connectivity index (χ1v) is 6.34. The molecule has 88 valence electrons. The second-order valence-corrected chi connectivity index (χ2v) is 5.42. The van der Waals surface area contributed by atoms with Crippen molar-refractivity contribution in [1.82, 2.24) is 0 Å². The maximum atomic E-state index is 12.2. The fourth-order valence-electron chi connectivity index (χ4n) is 2.59. The molecule has 0 aromatic carbocycles. The normalized spacial score (nSPS) is 21.3. The highest BCUT2D eigenvalue weighted by Gasteiger charge is 2.36. The van der Waals surface area contributed by atoms with E-state index in [1.165, 1.54) is 25.7 Å². The zero-order valence-corrected chi connectivity index (χ0v) is 10.2. The monoisotopic (exact) mass is 211 g/mol. The fraction of sp³-hybridized carbons (Fsp3) is 0.923. The minimum absolute atomic E-state index is 0.166. The molecule has 0 aromatic heterocycles. The van der Waals surface area contributed by atoms with Crippen molar-refractivity contribution in [2.75, 3.05) is 6.54 Å². The van der Waals surface area contributed by atoms with Crippen LogP contribution in [0.2, 0.25) is 0 Å². The summed E-state index contributed by atoms with van der Waals surface area (Å²) in [5.41, 5.74) is 5.70. The predicted octanol–water partition coefficient (Wildman–Crippen LogP) is 2.90. The van der Waals surface area contributed by atoms with Crippen LogP contribution in [0.15, 0.2) is 0 Å². The van der Waals surface area contributed by atoms with Crippen LogP contribution in [0.4, 0.5) is 0 Å². The van der Waals surface area contributed by atoms with Gasteiger partial charge in [-0.05, 0) is 18.8 Å². The molecule has 2 nitrogen and oxygen atoms in total. The van der Waals surface area contributed by atoms with Gasteiger partial charge in [0.1, 0.15) is 5.78 Å². The molecule has 1 aliphatic carbocycles. The van der Waals surface area contributed by atoms with Gasteiger partial charge in [0.05, 0.1) is 0 Å². The maximum absolute atomic E-state index is 12.2. The highest BCUT2D eigenvalue weighted by Crippen LogP contribution is 2.36. The second kappa shape index (κ2) is 5.64. The summed E-state index contributed by atoms with van der Waals surface area (Å²) in [4.78, 5) is 12.2. The van der Waals surface area contributed by atoms with Crippen LogP contribution >= 0.6 is 0 Å². The van der Waals surface area contributed by atoms with E-state index in [2.05, 4.69) is 13.8 Å². The van der Waals surface area contributed by atoms with Crippen molar-refractivity contribution >= 4 is 5.78 Å². The van der Waals surface area contributed by atoms with E-state index < -0.39 is 0 Å². The number of Topliss-reactive ketones (excluding diaryl/α,β-unsaturated/α-hetero) is 1. The van der Waals surface area contributed by atoms with Crippen LogP contribution in [-0.4, -0.2) is 12.3 Å². The number of carbonyl (C=O) groups is 1. The first-order valence-electron chi connectivity index (χ1n) is 6.34. The predicted molar refractivity (Wildman–Crippen MR) is 63.7 cm³/mol. The molecule has 15 heavy (non-hydrogen) atoms. The number of hydrogen-bond acceptors (Lipinski definition) is 2. The molecule has 0 bridgehead atoms. The van der Waals surface area contributed by atoms with Crippen molar-refractivity contribution in [2.24, 2.45) is 17.1 Å². The van der Waals surface area contributed by atoms with E-state index in [1.807, 2.05) is 0 Å². The van der Waals surface area contributed by atoms with Crippen molar-refractivity contribution < 1.29 is 4.79 Å².